The molecule has 1 aromatic carbocycles. The molecule has 1 aliphatic heterocycles. The number of nitrogens with zero attached hydrogens (tertiary/aromatic N) is 1. The van der Waals surface area contributed by atoms with Gasteiger partial charge in [0.05, 0.1) is 6.73 Å². The van der Waals surface area contributed by atoms with Crippen molar-refractivity contribution in [2.75, 3.05) is 19.8 Å². The lowest BCUT2D eigenvalue weighted by molar-refractivity contribution is 0.142. The van der Waals surface area contributed by atoms with Crippen molar-refractivity contribution in [1.82, 2.24) is 4.90 Å². The molecule has 0 unspecified atom stereocenters. The molecule has 0 spiro atoms. The smallest absolute Gasteiger partial charge is 0.188 e. The van der Waals surface area contributed by atoms with E-state index in [1.807, 2.05) is 12.1 Å². The lowest BCUT2D eigenvalue weighted by Gasteiger charge is -2.26. The van der Waals surface area contributed by atoms with E-state index in [1.54, 1.807) is 6.07 Å². The van der Waals surface area contributed by atoms with Crippen LogP contribution in [0.15, 0.2) is 24.3 Å². The molecule has 21 heavy (non-hydrogen) atoms. The first-order chi connectivity index (χ1) is 10.00. The van der Waals surface area contributed by atoms with E-state index in [0.29, 0.717) is 5.92 Å². The van der Waals surface area contributed by atoms with Crippen LogP contribution in [0.4, 0.5) is 4.39 Å². The van der Waals surface area contributed by atoms with E-state index in [9.17, 15) is 4.39 Å². The van der Waals surface area contributed by atoms with E-state index in [2.05, 4.69) is 24.9 Å². The van der Waals surface area contributed by atoms with Gasteiger partial charge in [-0.05, 0) is 49.2 Å². The second kappa shape index (κ2) is 7.52. The van der Waals surface area contributed by atoms with Crippen molar-refractivity contribution in [3.05, 3.63) is 35.6 Å². The number of rotatable bonds is 7. The highest BCUT2D eigenvalue weighted by atomic mass is 28.4. The van der Waals surface area contributed by atoms with Gasteiger partial charge in [-0.1, -0.05) is 31.9 Å². The molecule has 1 saturated heterocycles. The molecule has 1 aliphatic rings. The van der Waals surface area contributed by atoms with Gasteiger partial charge in [-0.15, -0.1) is 0 Å². The van der Waals surface area contributed by atoms with Crippen LogP contribution in [-0.4, -0.2) is 33.0 Å². The average Bonchev–Trinajstić information content (AvgIpc) is 2.92. The first-order valence-corrected chi connectivity index (χ1v) is 11.2. The van der Waals surface area contributed by atoms with Gasteiger partial charge in [0, 0.05) is 13.1 Å². The van der Waals surface area contributed by atoms with Crippen LogP contribution >= 0.6 is 0 Å². The largest absolute Gasteiger partial charge is 0.405 e. The maximum Gasteiger partial charge on any atom is 0.188 e. The predicted octanol–water partition coefficient (Wildman–Crippen LogP) is 4.59. The van der Waals surface area contributed by atoms with Gasteiger partial charge in [0.25, 0.3) is 0 Å². The van der Waals surface area contributed by atoms with Crippen LogP contribution in [0.5, 0.6) is 0 Å². The molecule has 0 N–H and O–H groups in total. The van der Waals surface area contributed by atoms with Crippen LogP contribution < -0.4 is 0 Å². The van der Waals surface area contributed by atoms with Crippen LogP contribution in [0, 0.1) is 5.82 Å². The van der Waals surface area contributed by atoms with E-state index in [0.717, 1.165) is 31.8 Å². The maximum atomic E-state index is 13.3. The molecule has 1 fully saturated rings. The van der Waals surface area contributed by atoms with Gasteiger partial charge in [-0.25, -0.2) is 4.39 Å². The summed E-state index contributed by atoms with van der Waals surface area (Å²) in [5.74, 6) is 0.319. The molecule has 0 radical (unpaired) electrons. The minimum absolute atomic E-state index is 0.129. The van der Waals surface area contributed by atoms with Crippen molar-refractivity contribution in [2.24, 2.45) is 0 Å². The molecule has 4 heteroatoms. The molecule has 0 aliphatic carbocycles. The highest BCUT2D eigenvalue weighted by Crippen LogP contribution is 2.28. The molecule has 0 amide bonds. The molecular formula is C17H28FNOSi. The Balaban J connectivity index is 1.80. The fourth-order valence-corrected chi connectivity index (χ4v) is 4.80. The second-order valence-electron chi connectivity index (χ2n) is 6.75. The van der Waals surface area contributed by atoms with Gasteiger partial charge in [-0.3, -0.25) is 4.90 Å². The first kappa shape index (κ1) is 16.7. The third kappa shape index (κ3) is 5.20. The summed E-state index contributed by atoms with van der Waals surface area (Å²) in [6.07, 6.45) is 3.61. The van der Waals surface area contributed by atoms with Gasteiger partial charge < -0.3 is 4.43 Å². The highest BCUT2D eigenvalue weighted by Gasteiger charge is 2.27. The third-order valence-electron chi connectivity index (χ3n) is 4.36. The second-order valence-corrected chi connectivity index (χ2v) is 11.1. The van der Waals surface area contributed by atoms with E-state index in [1.165, 1.54) is 25.0 Å². The van der Waals surface area contributed by atoms with E-state index in [4.69, 9.17) is 4.43 Å². The summed E-state index contributed by atoms with van der Waals surface area (Å²) in [6, 6.07) is 8.28. The summed E-state index contributed by atoms with van der Waals surface area (Å²) in [5, 5.41) is 0. The Bertz CT molecular complexity index is 452. The van der Waals surface area contributed by atoms with Crippen LogP contribution in [0.2, 0.25) is 19.1 Å². The zero-order chi connectivity index (χ0) is 15.3. The normalized spacial score (nSPS) is 20.1. The molecule has 2 rings (SSSR count). The summed E-state index contributed by atoms with van der Waals surface area (Å²) in [6.45, 7) is 9.63. The summed E-state index contributed by atoms with van der Waals surface area (Å²) in [5.41, 5.74) is 1.12. The summed E-state index contributed by atoms with van der Waals surface area (Å²) in [7, 11) is -1.50. The van der Waals surface area contributed by atoms with Crippen LogP contribution in [0.3, 0.4) is 0 Å². The van der Waals surface area contributed by atoms with Crippen molar-refractivity contribution in [3.63, 3.8) is 0 Å². The summed E-state index contributed by atoms with van der Waals surface area (Å²) >= 11 is 0. The van der Waals surface area contributed by atoms with Crippen molar-refractivity contribution < 1.29 is 8.82 Å². The highest BCUT2D eigenvalue weighted by molar-refractivity contribution is 6.71. The summed E-state index contributed by atoms with van der Waals surface area (Å²) < 4.78 is 19.5. The minimum atomic E-state index is -1.50. The van der Waals surface area contributed by atoms with Crippen molar-refractivity contribution in [3.8, 4) is 0 Å². The van der Waals surface area contributed by atoms with Gasteiger partial charge in [-0.2, -0.15) is 0 Å². The molecule has 0 bridgehead atoms. The van der Waals surface area contributed by atoms with E-state index >= 15 is 0 Å². The molecule has 1 atom stereocenters. The zero-order valence-corrected chi connectivity index (χ0v) is 14.6. The Morgan fingerprint density at radius 3 is 2.90 bits per heavy atom. The Morgan fingerprint density at radius 2 is 2.19 bits per heavy atom. The number of hydrogen-bond donors (Lipinski definition) is 0. The fraction of sp³-hybridized carbons (Fsp3) is 0.647. The van der Waals surface area contributed by atoms with Crippen LogP contribution in [-0.2, 0) is 4.43 Å². The monoisotopic (exact) mass is 309 g/mol. The molecule has 1 heterocycles. The van der Waals surface area contributed by atoms with Gasteiger partial charge >= 0.3 is 0 Å². The molecule has 118 valence electrons. The van der Waals surface area contributed by atoms with Gasteiger partial charge in [0.15, 0.2) is 8.32 Å². The predicted molar refractivity (Wildman–Crippen MR) is 88.5 cm³/mol. The lowest BCUT2D eigenvalue weighted by atomic mass is 9.98. The summed E-state index contributed by atoms with van der Waals surface area (Å²) in [4.78, 5) is 2.37. The Hall–Kier alpha value is -0.713. The minimum Gasteiger partial charge on any atom is -0.405 e. The van der Waals surface area contributed by atoms with Crippen LogP contribution in [0.1, 0.15) is 37.7 Å². The SMILES string of the molecule is CCCC[Si](C)(C)OCN1CC[C@@H](c2cccc(F)c2)C1. The average molecular weight is 310 g/mol. The molecular weight excluding hydrogens is 281 g/mol. The Morgan fingerprint density at radius 1 is 1.38 bits per heavy atom. The van der Waals surface area contributed by atoms with E-state index < -0.39 is 8.32 Å². The van der Waals surface area contributed by atoms with Crippen molar-refractivity contribution in [2.45, 2.75) is 51.2 Å². The maximum absolute atomic E-state index is 13.3. The van der Waals surface area contributed by atoms with E-state index in [-0.39, 0.29) is 5.82 Å². The number of unbranched alkanes of at least 4 members (excludes halogenated alkanes) is 1. The van der Waals surface area contributed by atoms with Crippen LogP contribution in [0.25, 0.3) is 0 Å². The number of benzene rings is 1. The number of hydrogen-bond acceptors (Lipinski definition) is 2. The molecule has 0 saturated carbocycles. The molecule has 2 nitrogen and oxygen atoms in total. The Labute approximate surface area is 129 Å². The molecule has 0 aromatic heterocycles. The lowest BCUT2D eigenvalue weighted by Crippen LogP contribution is -2.36. The van der Waals surface area contributed by atoms with Gasteiger partial charge in [0.2, 0.25) is 0 Å². The standard InChI is InChI=1S/C17H28FNOSi/c1-4-5-11-21(2,3)20-14-19-10-9-16(13-19)15-7-6-8-17(18)12-15/h6-8,12,16H,4-5,9-11,13-14H2,1-3H3/t16-/m1/s1. The zero-order valence-electron chi connectivity index (χ0n) is 13.6. The van der Waals surface area contributed by atoms with Crippen molar-refractivity contribution in [1.29, 1.82) is 0 Å². The molecule has 1 aromatic rings. The quantitative estimate of drug-likeness (QED) is 0.683. The van der Waals surface area contributed by atoms with Crippen molar-refractivity contribution >= 4 is 8.32 Å². The fourth-order valence-electron chi connectivity index (χ4n) is 2.92. The van der Waals surface area contributed by atoms with Gasteiger partial charge in [0.1, 0.15) is 5.82 Å². The first-order valence-electron chi connectivity index (χ1n) is 8.12. The topological polar surface area (TPSA) is 12.5 Å². The number of likely N-dealkylation sites (tertiary alicyclic amines) is 1. The Kier molecular flexibility index (Phi) is 5.96. The number of halogens is 1. The third-order valence-corrected chi connectivity index (χ3v) is 6.83.